The van der Waals surface area contributed by atoms with Crippen LogP contribution >= 0.6 is 15.9 Å². The average molecular weight is 623 g/mol. The quantitative estimate of drug-likeness (QED) is 0.160. The zero-order chi connectivity index (χ0) is 28.9. The van der Waals surface area contributed by atoms with E-state index in [1.807, 2.05) is 72.8 Å². The molecule has 4 aromatic rings. The Labute approximate surface area is 255 Å². The van der Waals surface area contributed by atoms with Gasteiger partial charge in [0, 0.05) is 34.9 Å². The topological polar surface area (TPSA) is 70.6 Å². The van der Waals surface area contributed by atoms with E-state index in [-0.39, 0.29) is 27.8 Å². The first kappa shape index (κ1) is 28.1. The molecule has 6 nitrogen and oxygen atoms in total. The van der Waals surface area contributed by atoms with Gasteiger partial charge in [-0.15, -0.1) is 0 Å². The standard InChI is InChI=1S/C35H33BrN4O2/c36-23-33(41)37-28-19-21-29(22-20-28)40(24-27-15-7-8-16-30(27)25-11-3-1-4-12-25)35(42)38-32-18-10-9-17-31(32)34(39-40)26-13-5-2-6-14-26/h1,3-4,7-12,15-22,26H,2,5-6,13-14,23-24H2,(H-,37,38,39,41,42)/p+1. The van der Waals surface area contributed by atoms with Crippen LogP contribution in [0.2, 0.25) is 0 Å². The van der Waals surface area contributed by atoms with E-state index in [9.17, 15) is 9.59 Å². The number of alkyl halides is 1. The molecule has 1 heterocycles. The third kappa shape index (κ3) is 5.67. The number of amides is 3. The van der Waals surface area contributed by atoms with E-state index in [2.05, 4.69) is 56.9 Å². The molecular formula is C35H34BrN4O2+. The summed E-state index contributed by atoms with van der Waals surface area (Å²) in [5, 5.41) is 11.9. The smallest absolute Gasteiger partial charge is 0.325 e. The van der Waals surface area contributed by atoms with Gasteiger partial charge in [-0.2, -0.15) is 0 Å². The number of para-hydroxylation sites is 1. The van der Waals surface area contributed by atoms with E-state index in [4.69, 9.17) is 5.10 Å². The predicted octanol–water partition coefficient (Wildman–Crippen LogP) is 8.72. The highest BCUT2D eigenvalue weighted by atomic mass is 79.9. The molecule has 2 N–H and O–H groups in total. The summed E-state index contributed by atoms with van der Waals surface area (Å²) < 4.78 is -0.267. The molecule has 212 valence electrons. The third-order valence-electron chi connectivity index (χ3n) is 8.25. The first-order chi connectivity index (χ1) is 20.6. The van der Waals surface area contributed by atoms with Crippen molar-refractivity contribution >= 4 is 50.6 Å². The molecule has 0 radical (unpaired) electrons. The number of rotatable bonds is 7. The van der Waals surface area contributed by atoms with E-state index in [1.165, 1.54) is 6.42 Å². The van der Waals surface area contributed by atoms with Gasteiger partial charge in [-0.1, -0.05) is 118 Å². The normalized spacial score (nSPS) is 18.8. The molecular weight excluding hydrogens is 588 g/mol. The maximum Gasteiger partial charge on any atom is 0.453 e. The first-order valence-corrected chi connectivity index (χ1v) is 15.7. The van der Waals surface area contributed by atoms with Gasteiger partial charge in [0.15, 0.2) is 5.69 Å². The fourth-order valence-corrected chi connectivity index (χ4v) is 6.29. The third-order valence-corrected chi connectivity index (χ3v) is 8.76. The number of hydrogen-bond donors (Lipinski definition) is 2. The van der Waals surface area contributed by atoms with Crippen LogP contribution < -0.4 is 15.2 Å². The number of nitrogens with zero attached hydrogens (tertiary/aromatic N) is 2. The van der Waals surface area contributed by atoms with E-state index in [0.717, 1.165) is 65.0 Å². The second kappa shape index (κ2) is 12.4. The van der Waals surface area contributed by atoms with Gasteiger partial charge in [-0.3, -0.25) is 10.1 Å². The van der Waals surface area contributed by atoms with Crippen LogP contribution in [0.5, 0.6) is 0 Å². The zero-order valence-corrected chi connectivity index (χ0v) is 25.0. The molecule has 42 heavy (non-hydrogen) atoms. The second-order valence-electron chi connectivity index (χ2n) is 11.0. The van der Waals surface area contributed by atoms with Crippen molar-refractivity contribution in [3.05, 3.63) is 114 Å². The number of urea groups is 1. The molecule has 1 atom stereocenters. The molecule has 1 unspecified atom stereocenters. The Hall–Kier alpha value is -4.07. The molecule has 0 bridgehead atoms. The van der Waals surface area contributed by atoms with Gasteiger partial charge in [0.2, 0.25) is 5.91 Å². The van der Waals surface area contributed by atoms with Crippen LogP contribution in [0.15, 0.2) is 108 Å². The van der Waals surface area contributed by atoms with Crippen LogP contribution in [0.4, 0.5) is 21.9 Å². The number of nitrogens with one attached hydrogen (secondary N) is 2. The summed E-state index contributed by atoms with van der Waals surface area (Å²) in [6.45, 7) is 0.328. The van der Waals surface area contributed by atoms with E-state index in [0.29, 0.717) is 12.2 Å². The van der Waals surface area contributed by atoms with E-state index in [1.54, 1.807) is 0 Å². The Balaban J connectivity index is 1.54. The summed E-state index contributed by atoms with van der Waals surface area (Å²) in [5.74, 6) is 0.135. The summed E-state index contributed by atoms with van der Waals surface area (Å²) in [5.41, 5.74) is 7.36. The highest BCUT2D eigenvalue weighted by Crippen LogP contribution is 2.39. The molecule has 1 saturated carbocycles. The van der Waals surface area contributed by atoms with Gasteiger partial charge in [-0.25, -0.2) is 4.79 Å². The number of fused-ring (bicyclic) bond motifs is 1. The zero-order valence-electron chi connectivity index (χ0n) is 23.4. The molecule has 6 rings (SSSR count). The Bertz CT molecular complexity index is 1610. The Morgan fingerprint density at radius 2 is 1.50 bits per heavy atom. The van der Waals surface area contributed by atoms with Crippen LogP contribution in [0.3, 0.4) is 0 Å². The van der Waals surface area contributed by atoms with E-state index >= 15 is 0 Å². The number of quaternary nitrogens is 1. The first-order valence-electron chi connectivity index (χ1n) is 14.6. The van der Waals surface area contributed by atoms with Crippen molar-refractivity contribution in [1.82, 2.24) is 4.59 Å². The van der Waals surface area contributed by atoms with Crippen molar-refractivity contribution in [3.63, 3.8) is 0 Å². The lowest BCUT2D eigenvalue weighted by Gasteiger charge is -2.31. The number of benzene rings is 4. The Morgan fingerprint density at radius 3 is 2.24 bits per heavy atom. The summed E-state index contributed by atoms with van der Waals surface area (Å²) >= 11 is 3.21. The SMILES string of the molecule is O=C(CBr)Nc1ccc([N+]2(Cc3ccccc3-c3ccccc3)N=C(C3CCCCC3)c3ccccc3NC2=O)cc1. The molecule has 0 spiro atoms. The van der Waals surface area contributed by atoms with Crippen LogP contribution in [0.1, 0.15) is 43.2 Å². The largest absolute Gasteiger partial charge is 0.453 e. The summed E-state index contributed by atoms with van der Waals surface area (Å²) in [6.07, 6.45) is 5.66. The second-order valence-corrected chi connectivity index (χ2v) is 11.5. The molecule has 2 aliphatic rings. The van der Waals surface area contributed by atoms with Crippen molar-refractivity contribution in [2.24, 2.45) is 11.0 Å². The van der Waals surface area contributed by atoms with Gasteiger partial charge in [0.25, 0.3) is 0 Å². The van der Waals surface area contributed by atoms with Gasteiger partial charge >= 0.3 is 6.03 Å². The van der Waals surface area contributed by atoms with Crippen LogP contribution in [-0.4, -0.2) is 23.0 Å². The fraction of sp³-hybridized carbons (Fsp3) is 0.229. The lowest BCUT2D eigenvalue weighted by Crippen LogP contribution is -2.51. The van der Waals surface area contributed by atoms with Gasteiger partial charge in [0.1, 0.15) is 12.3 Å². The molecule has 1 fully saturated rings. The minimum atomic E-state index is -0.267. The molecule has 1 aliphatic carbocycles. The number of hydrogen-bond acceptors (Lipinski definition) is 3. The minimum absolute atomic E-state index is 0.135. The van der Waals surface area contributed by atoms with Gasteiger partial charge in [0.05, 0.1) is 11.0 Å². The number of halogens is 1. The van der Waals surface area contributed by atoms with Crippen molar-refractivity contribution in [2.45, 2.75) is 38.6 Å². The fourth-order valence-electron chi connectivity index (χ4n) is 6.15. The molecule has 0 saturated heterocycles. The summed E-state index contributed by atoms with van der Waals surface area (Å²) in [7, 11) is 0. The maximum atomic E-state index is 14.6. The van der Waals surface area contributed by atoms with Crippen molar-refractivity contribution in [1.29, 1.82) is 0 Å². The Kier molecular flexibility index (Phi) is 8.31. The lowest BCUT2D eigenvalue weighted by atomic mass is 9.83. The highest BCUT2D eigenvalue weighted by Gasteiger charge is 2.45. The number of carbonyl (C=O) groups is 2. The maximum absolute atomic E-state index is 14.6. The Morgan fingerprint density at radius 1 is 0.833 bits per heavy atom. The average Bonchev–Trinajstić information content (AvgIpc) is 3.17. The van der Waals surface area contributed by atoms with Gasteiger partial charge in [-0.05, 0) is 42.2 Å². The molecule has 7 heteroatoms. The van der Waals surface area contributed by atoms with Crippen LogP contribution in [0.25, 0.3) is 11.1 Å². The molecule has 0 aromatic heterocycles. The van der Waals surface area contributed by atoms with Crippen molar-refractivity contribution < 1.29 is 9.59 Å². The number of carbonyl (C=O) groups excluding carboxylic acids is 2. The monoisotopic (exact) mass is 621 g/mol. The van der Waals surface area contributed by atoms with Crippen molar-refractivity contribution in [3.8, 4) is 11.1 Å². The number of anilines is 2. The van der Waals surface area contributed by atoms with Gasteiger partial charge < -0.3 is 5.32 Å². The molecule has 3 amide bonds. The molecule has 4 aromatic carbocycles. The van der Waals surface area contributed by atoms with Crippen LogP contribution in [-0.2, 0) is 11.3 Å². The summed E-state index contributed by atoms with van der Waals surface area (Å²) in [6, 6.07) is 33.9. The van der Waals surface area contributed by atoms with Crippen LogP contribution in [0, 0.1) is 5.92 Å². The summed E-state index contributed by atoms with van der Waals surface area (Å²) in [4.78, 5) is 26.6. The lowest BCUT2D eigenvalue weighted by molar-refractivity contribution is -0.113. The van der Waals surface area contributed by atoms with E-state index < -0.39 is 0 Å². The highest BCUT2D eigenvalue weighted by molar-refractivity contribution is 9.09. The minimum Gasteiger partial charge on any atom is -0.325 e. The predicted molar refractivity (Wildman–Crippen MR) is 175 cm³/mol. The van der Waals surface area contributed by atoms with Crippen molar-refractivity contribution in [2.75, 3.05) is 16.0 Å². The molecule has 1 aliphatic heterocycles.